The van der Waals surface area contributed by atoms with Gasteiger partial charge < -0.3 is 15.4 Å². The van der Waals surface area contributed by atoms with Crippen LogP contribution in [0, 0.1) is 0 Å². The highest BCUT2D eigenvalue weighted by atomic mass is 32.2. The van der Waals surface area contributed by atoms with Crippen molar-refractivity contribution in [3.63, 3.8) is 0 Å². The molecule has 38 heavy (non-hydrogen) atoms. The summed E-state index contributed by atoms with van der Waals surface area (Å²) in [6.07, 6.45) is 0.300. The van der Waals surface area contributed by atoms with E-state index in [0.29, 0.717) is 30.0 Å². The fourth-order valence-corrected chi connectivity index (χ4v) is 4.78. The lowest BCUT2D eigenvalue weighted by Gasteiger charge is -2.17. The molecule has 0 aliphatic heterocycles. The molecule has 4 aromatic carbocycles. The van der Waals surface area contributed by atoms with Crippen LogP contribution in [0.2, 0.25) is 0 Å². The van der Waals surface area contributed by atoms with E-state index in [1.54, 1.807) is 31.2 Å². The minimum atomic E-state index is -0.514. The number of carbonyl (C=O) groups is 3. The number of hydrogen-bond donors (Lipinski definition) is 2. The summed E-state index contributed by atoms with van der Waals surface area (Å²) in [5.74, 6) is -0.680. The second-order valence-electron chi connectivity index (χ2n) is 8.43. The molecule has 0 spiro atoms. The Labute approximate surface area is 226 Å². The quantitative estimate of drug-likeness (QED) is 0.182. The molecule has 0 heterocycles. The van der Waals surface area contributed by atoms with Crippen LogP contribution in [0.15, 0.2) is 114 Å². The zero-order valence-electron chi connectivity index (χ0n) is 20.9. The summed E-state index contributed by atoms with van der Waals surface area (Å²) in [6, 6.07) is 33.2. The summed E-state index contributed by atoms with van der Waals surface area (Å²) >= 11 is 1.42. The van der Waals surface area contributed by atoms with Crippen LogP contribution in [0.25, 0.3) is 0 Å². The third-order valence-electron chi connectivity index (χ3n) is 5.60. The molecule has 0 aliphatic rings. The first-order valence-electron chi connectivity index (χ1n) is 12.3. The molecule has 2 N–H and O–H groups in total. The van der Waals surface area contributed by atoms with Crippen molar-refractivity contribution in [1.82, 2.24) is 0 Å². The maximum atomic E-state index is 13.3. The third kappa shape index (κ3) is 7.57. The molecule has 1 atom stereocenters. The minimum Gasteiger partial charge on any atom is -0.462 e. The fraction of sp³-hybridized carbons (Fsp3) is 0.129. The molecular weight excluding hydrogens is 496 g/mol. The number of esters is 1. The van der Waals surface area contributed by atoms with E-state index in [0.717, 1.165) is 16.0 Å². The molecule has 0 aromatic heterocycles. The van der Waals surface area contributed by atoms with Gasteiger partial charge in [0.2, 0.25) is 11.8 Å². The highest BCUT2D eigenvalue weighted by molar-refractivity contribution is 8.00. The van der Waals surface area contributed by atoms with Gasteiger partial charge >= 0.3 is 5.97 Å². The van der Waals surface area contributed by atoms with Gasteiger partial charge in [-0.3, -0.25) is 9.59 Å². The van der Waals surface area contributed by atoms with Gasteiger partial charge in [-0.1, -0.05) is 60.7 Å². The molecule has 0 aliphatic carbocycles. The number of thioether (sulfide) groups is 1. The number of hydrogen-bond acceptors (Lipinski definition) is 5. The van der Waals surface area contributed by atoms with E-state index in [1.807, 2.05) is 84.9 Å². The van der Waals surface area contributed by atoms with Crippen molar-refractivity contribution in [3.05, 3.63) is 126 Å². The number of nitrogens with one attached hydrogen (secondary N) is 2. The van der Waals surface area contributed by atoms with Gasteiger partial charge in [-0.25, -0.2) is 4.79 Å². The molecule has 0 radical (unpaired) electrons. The monoisotopic (exact) mass is 524 g/mol. The molecule has 0 fully saturated rings. The van der Waals surface area contributed by atoms with E-state index in [9.17, 15) is 14.4 Å². The first-order valence-corrected chi connectivity index (χ1v) is 13.1. The van der Waals surface area contributed by atoms with E-state index in [4.69, 9.17) is 4.74 Å². The topological polar surface area (TPSA) is 84.5 Å². The molecule has 0 saturated heterocycles. The van der Waals surface area contributed by atoms with Crippen LogP contribution in [-0.2, 0) is 20.7 Å². The molecule has 4 aromatic rings. The van der Waals surface area contributed by atoms with Crippen molar-refractivity contribution in [1.29, 1.82) is 0 Å². The van der Waals surface area contributed by atoms with E-state index in [-0.39, 0.29) is 11.8 Å². The molecule has 4 rings (SSSR count). The van der Waals surface area contributed by atoms with Gasteiger partial charge in [0, 0.05) is 16.3 Å². The van der Waals surface area contributed by atoms with Crippen LogP contribution in [0.1, 0.15) is 33.7 Å². The van der Waals surface area contributed by atoms with Crippen molar-refractivity contribution >= 4 is 40.9 Å². The van der Waals surface area contributed by atoms with Gasteiger partial charge in [-0.15, -0.1) is 11.8 Å². The Bertz CT molecular complexity index is 1360. The average molecular weight is 525 g/mol. The van der Waals surface area contributed by atoms with Crippen LogP contribution in [-0.4, -0.2) is 24.4 Å². The molecule has 2 amide bonds. The van der Waals surface area contributed by atoms with Gasteiger partial charge in [0.15, 0.2) is 0 Å². The second kappa shape index (κ2) is 13.3. The Hall–Kier alpha value is -4.36. The maximum Gasteiger partial charge on any atom is 0.338 e. The molecule has 0 bridgehead atoms. The van der Waals surface area contributed by atoms with Crippen LogP contribution in [0.4, 0.5) is 11.4 Å². The fourth-order valence-electron chi connectivity index (χ4n) is 3.75. The lowest BCUT2D eigenvalue weighted by atomic mass is 10.1. The predicted octanol–water partition coefficient (Wildman–Crippen LogP) is 6.52. The molecule has 1 unspecified atom stereocenters. The Morgan fingerprint density at radius 2 is 1.32 bits per heavy atom. The minimum absolute atomic E-state index is 0.0906. The van der Waals surface area contributed by atoms with E-state index in [1.165, 1.54) is 11.8 Å². The summed E-state index contributed by atoms with van der Waals surface area (Å²) < 4.78 is 5.01. The van der Waals surface area contributed by atoms with E-state index in [2.05, 4.69) is 10.6 Å². The molecule has 192 valence electrons. The van der Waals surface area contributed by atoms with Crippen LogP contribution in [0.3, 0.4) is 0 Å². The average Bonchev–Trinajstić information content (AvgIpc) is 2.94. The summed E-state index contributed by atoms with van der Waals surface area (Å²) in [6.45, 7) is 2.05. The van der Waals surface area contributed by atoms with Gasteiger partial charge in [0.05, 0.1) is 18.6 Å². The Morgan fingerprint density at radius 3 is 1.95 bits per heavy atom. The Kier molecular flexibility index (Phi) is 9.32. The van der Waals surface area contributed by atoms with Crippen molar-refractivity contribution in [3.8, 4) is 0 Å². The van der Waals surface area contributed by atoms with Gasteiger partial charge in [-0.05, 0) is 66.6 Å². The van der Waals surface area contributed by atoms with Gasteiger partial charge in [0.1, 0.15) is 5.25 Å². The summed E-state index contributed by atoms with van der Waals surface area (Å²) in [7, 11) is 0. The largest absolute Gasteiger partial charge is 0.462 e. The van der Waals surface area contributed by atoms with E-state index < -0.39 is 11.2 Å². The normalized spacial score (nSPS) is 11.3. The van der Waals surface area contributed by atoms with Gasteiger partial charge in [0.25, 0.3) is 0 Å². The van der Waals surface area contributed by atoms with Crippen LogP contribution in [0.5, 0.6) is 0 Å². The standard InChI is InChI=1S/C31H28N2O4S/c1-2-37-31(36)24-13-15-26(16-14-24)33-30(35)29(23-11-7-4-8-12-23)38-27-19-17-25(18-20-27)32-28(34)21-22-9-5-3-6-10-22/h3-20,29H,2,21H2,1H3,(H,32,34)(H,33,35). The number of amides is 2. The number of ether oxygens (including phenoxy) is 1. The predicted molar refractivity (Wildman–Crippen MR) is 151 cm³/mol. The number of benzene rings is 4. The first kappa shape index (κ1) is 26.7. The Balaban J connectivity index is 1.43. The number of carbonyl (C=O) groups excluding carboxylic acids is 3. The molecule has 7 heteroatoms. The molecular formula is C31H28N2O4S. The third-order valence-corrected chi connectivity index (χ3v) is 6.87. The summed E-state index contributed by atoms with van der Waals surface area (Å²) in [5, 5.41) is 5.35. The van der Waals surface area contributed by atoms with Gasteiger partial charge in [-0.2, -0.15) is 0 Å². The highest BCUT2D eigenvalue weighted by Crippen LogP contribution is 2.36. The lowest BCUT2D eigenvalue weighted by Crippen LogP contribution is -2.19. The van der Waals surface area contributed by atoms with Crippen LogP contribution >= 0.6 is 11.8 Å². The Morgan fingerprint density at radius 1 is 0.737 bits per heavy atom. The number of rotatable bonds is 10. The number of anilines is 2. The smallest absolute Gasteiger partial charge is 0.338 e. The van der Waals surface area contributed by atoms with Crippen molar-refractivity contribution < 1.29 is 19.1 Å². The van der Waals surface area contributed by atoms with E-state index >= 15 is 0 Å². The SMILES string of the molecule is CCOC(=O)c1ccc(NC(=O)C(Sc2ccc(NC(=O)Cc3ccccc3)cc2)c2ccccc2)cc1. The van der Waals surface area contributed by atoms with Crippen molar-refractivity contribution in [2.24, 2.45) is 0 Å². The second-order valence-corrected chi connectivity index (χ2v) is 9.61. The van der Waals surface area contributed by atoms with Crippen molar-refractivity contribution in [2.45, 2.75) is 23.5 Å². The summed E-state index contributed by atoms with van der Waals surface area (Å²) in [4.78, 5) is 38.5. The molecule has 6 nitrogen and oxygen atoms in total. The summed E-state index contributed by atoms with van der Waals surface area (Å²) in [5.41, 5.74) is 3.51. The lowest BCUT2D eigenvalue weighted by molar-refractivity contribution is -0.116. The maximum absolute atomic E-state index is 13.3. The zero-order valence-corrected chi connectivity index (χ0v) is 21.7. The first-order chi connectivity index (χ1) is 18.5. The van der Waals surface area contributed by atoms with Crippen LogP contribution < -0.4 is 10.6 Å². The zero-order chi connectivity index (χ0) is 26.7. The molecule has 0 saturated carbocycles. The van der Waals surface area contributed by atoms with Crippen molar-refractivity contribution in [2.75, 3.05) is 17.2 Å². The highest BCUT2D eigenvalue weighted by Gasteiger charge is 2.22.